The molecule has 5 nitrogen and oxygen atoms in total. The lowest BCUT2D eigenvalue weighted by molar-refractivity contribution is 0.0606. The average Bonchev–Trinajstić information content (AvgIpc) is 2.54. The van der Waals surface area contributed by atoms with Gasteiger partial charge < -0.3 is 11.5 Å². The lowest BCUT2D eigenvalue weighted by atomic mass is 9.93. The van der Waals surface area contributed by atoms with Crippen molar-refractivity contribution < 1.29 is 9.59 Å². The van der Waals surface area contributed by atoms with Gasteiger partial charge >= 0.3 is 0 Å². The van der Waals surface area contributed by atoms with Crippen molar-refractivity contribution in [1.29, 1.82) is 0 Å². The van der Waals surface area contributed by atoms with E-state index in [0.29, 0.717) is 40.9 Å². The van der Waals surface area contributed by atoms with E-state index in [-0.39, 0.29) is 24.4 Å². The maximum absolute atomic E-state index is 12.7. The first-order chi connectivity index (χ1) is 11.0. The van der Waals surface area contributed by atoms with Crippen LogP contribution in [0.5, 0.6) is 0 Å². The lowest BCUT2D eigenvalue weighted by Gasteiger charge is -2.28. The molecular formula is C17H18ClN3O2. The molecule has 0 bridgehead atoms. The molecule has 0 spiro atoms. The zero-order chi connectivity index (χ0) is 16.6. The van der Waals surface area contributed by atoms with Crippen LogP contribution in [0, 0.1) is 0 Å². The minimum absolute atomic E-state index is 0.122. The SMILES string of the molecule is NCCC(N)CCN1C(=O)c2cccc3c(Cl)ccc(c23)C1=O. The number of halogens is 1. The van der Waals surface area contributed by atoms with Crippen LogP contribution in [0.2, 0.25) is 5.02 Å². The van der Waals surface area contributed by atoms with Crippen molar-refractivity contribution in [1.82, 2.24) is 4.90 Å². The minimum Gasteiger partial charge on any atom is -0.330 e. The first kappa shape index (κ1) is 15.9. The number of imide groups is 1. The quantitative estimate of drug-likeness (QED) is 0.821. The number of hydrogen-bond donors (Lipinski definition) is 2. The lowest BCUT2D eigenvalue weighted by Crippen LogP contribution is -2.42. The highest BCUT2D eigenvalue weighted by molar-refractivity contribution is 6.38. The van der Waals surface area contributed by atoms with Crippen LogP contribution in [-0.2, 0) is 0 Å². The summed E-state index contributed by atoms with van der Waals surface area (Å²) in [5, 5.41) is 1.89. The Hall–Kier alpha value is -1.95. The molecule has 2 aromatic rings. The van der Waals surface area contributed by atoms with E-state index in [4.69, 9.17) is 23.1 Å². The van der Waals surface area contributed by atoms with E-state index in [0.717, 1.165) is 5.39 Å². The van der Waals surface area contributed by atoms with Crippen LogP contribution in [0.1, 0.15) is 33.6 Å². The third kappa shape index (κ3) is 2.72. The number of amides is 2. The summed E-state index contributed by atoms with van der Waals surface area (Å²) in [4.78, 5) is 26.6. The highest BCUT2D eigenvalue weighted by Crippen LogP contribution is 2.34. The second kappa shape index (κ2) is 6.28. The predicted molar refractivity (Wildman–Crippen MR) is 90.6 cm³/mol. The van der Waals surface area contributed by atoms with Crippen molar-refractivity contribution in [2.75, 3.05) is 13.1 Å². The molecular weight excluding hydrogens is 314 g/mol. The van der Waals surface area contributed by atoms with Gasteiger partial charge in [-0.25, -0.2) is 0 Å². The molecule has 2 amide bonds. The Morgan fingerprint density at radius 2 is 1.74 bits per heavy atom. The molecule has 0 aliphatic carbocycles. The van der Waals surface area contributed by atoms with Gasteiger partial charge in [-0.15, -0.1) is 0 Å². The smallest absolute Gasteiger partial charge is 0.261 e. The van der Waals surface area contributed by atoms with Crippen LogP contribution in [0.3, 0.4) is 0 Å². The molecule has 1 heterocycles. The van der Waals surface area contributed by atoms with E-state index in [1.54, 1.807) is 24.3 Å². The van der Waals surface area contributed by atoms with Gasteiger partial charge in [-0.05, 0) is 37.6 Å². The highest BCUT2D eigenvalue weighted by atomic mass is 35.5. The van der Waals surface area contributed by atoms with Gasteiger partial charge in [-0.2, -0.15) is 0 Å². The summed E-state index contributed by atoms with van der Waals surface area (Å²) in [7, 11) is 0. The van der Waals surface area contributed by atoms with Gasteiger partial charge in [0, 0.05) is 39.5 Å². The highest BCUT2D eigenvalue weighted by Gasteiger charge is 2.33. The van der Waals surface area contributed by atoms with E-state index >= 15 is 0 Å². The Balaban J connectivity index is 1.98. The maximum Gasteiger partial charge on any atom is 0.261 e. The van der Waals surface area contributed by atoms with Gasteiger partial charge in [0.2, 0.25) is 0 Å². The molecule has 2 aromatic carbocycles. The molecule has 0 radical (unpaired) electrons. The molecule has 6 heteroatoms. The predicted octanol–water partition coefficient (Wildman–Crippen LogP) is 2.16. The van der Waals surface area contributed by atoms with E-state index in [1.807, 2.05) is 6.07 Å². The van der Waals surface area contributed by atoms with Crippen molar-refractivity contribution in [2.45, 2.75) is 18.9 Å². The summed E-state index contributed by atoms with van der Waals surface area (Å²) < 4.78 is 0. The molecule has 4 N–H and O–H groups in total. The largest absolute Gasteiger partial charge is 0.330 e. The van der Waals surface area contributed by atoms with Gasteiger partial charge in [0.15, 0.2) is 0 Å². The number of carbonyl (C=O) groups is 2. The van der Waals surface area contributed by atoms with Gasteiger partial charge in [-0.1, -0.05) is 23.7 Å². The third-order valence-corrected chi connectivity index (χ3v) is 4.53. The maximum atomic E-state index is 12.7. The fourth-order valence-corrected chi connectivity index (χ4v) is 3.19. The molecule has 1 atom stereocenters. The molecule has 0 saturated carbocycles. The van der Waals surface area contributed by atoms with Crippen LogP contribution in [0.15, 0.2) is 30.3 Å². The van der Waals surface area contributed by atoms with Gasteiger partial charge in [0.05, 0.1) is 0 Å². The molecule has 0 aromatic heterocycles. The summed E-state index contributed by atoms with van der Waals surface area (Å²) in [5.74, 6) is -0.592. The monoisotopic (exact) mass is 331 g/mol. The number of carbonyl (C=O) groups excluding carboxylic acids is 2. The zero-order valence-corrected chi connectivity index (χ0v) is 13.3. The normalized spacial score (nSPS) is 15.3. The fourth-order valence-electron chi connectivity index (χ4n) is 2.97. The summed E-state index contributed by atoms with van der Waals surface area (Å²) in [6, 6.07) is 8.56. The molecule has 1 aliphatic heterocycles. The second-order valence-corrected chi connectivity index (χ2v) is 6.12. The summed E-state index contributed by atoms with van der Waals surface area (Å²) in [5.41, 5.74) is 12.4. The number of rotatable bonds is 5. The van der Waals surface area contributed by atoms with Crippen LogP contribution in [-0.4, -0.2) is 35.8 Å². The Kier molecular flexibility index (Phi) is 4.35. The van der Waals surface area contributed by atoms with Gasteiger partial charge in [0.1, 0.15) is 0 Å². The number of nitrogens with two attached hydrogens (primary N) is 2. The van der Waals surface area contributed by atoms with Crippen LogP contribution in [0.25, 0.3) is 10.8 Å². The standard InChI is InChI=1S/C17H18ClN3O2/c18-14-5-4-13-15-11(14)2-1-3-12(15)16(22)21(17(13)23)9-7-10(20)6-8-19/h1-5,10H,6-9,19-20H2. The molecule has 1 unspecified atom stereocenters. The first-order valence-corrected chi connectivity index (χ1v) is 7.95. The Morgan fingerprint density at radius 3 is 2.43 bits per heavy atom. The zero-order valence-electron chi connectivity index (χ0n) is 12.6. The number of nitrogens with zero attached hydrogens (tertiary/aromatic N) is 1. The minimum atomic E-state index is -0.296. The molecule has 23 heavy (non-hydrogen) atoms. The van der Waals surface area contributed by atoms with Crippen molar-refractivity contribution in [3.8, 4) is 0 Å². The summed E-state index contributed by atoms with van der Waals surface area (Å²) in [6.07, 6.45) is 1.20. The average molecular weight is 332 g/mol. The topological polar surface area (TPSA) is 89.4 Å². The van der Waals surface area contributed by atoms with E-state index < -0.39 is 0 Å². The first-order valence-electron chi connectivity index (χ1n) is 7.57. The van der Waals surface area contributed by atoms with Gasteiger partial charge in [0.25, 0.3) is 11.8 Å². The third-order valence-electron chi connectivity index (χ3n) is 4.20. The van der Waals surface area contributed by atoms with Crippen molar-refractivity contribution in [3.63, 3.8) is 0 Å². The molecule has 1 aliphatic rings. The Morgan fingerprint density at radius 1 is 1.04 bits per heavy atom. The second-order valence-electron chi connectivity index (χ2n) is 5.71. The van der Waals surface area contributed by atoms with Crippen LogP contribution in [0.4, 0.5) is 0 Å². The van der Waals surface area contributed by atoms with Crippen LogP contribution >= 0.6 is 11.6 Å². The number of hydrogen-bond acceptors (Lipinski definition) is 4. The van der Waals surface area contributed by atoms with E-state index in [9.17, 15) is 9.59 Å². The van der Waals surface area contributed by atoms with Crippen molar-refractivity contribution >= 4 is 34.2 Å². The molecule has 0 fully saturated rings. The number of benzene rings is 2. The van der Waals surface area contributed by atoms with Crippen LogP contribution < -0.4 is 11.5 Å². The van der Waals surface area contributed by atoms with Crippen molar-refractivity contribution in [3.05, 3.63) is 46.5 Å². The van der Waals surface area contributed by atoms with Gasteiger partial charge in [-0.3, -0.25) is 14.5 Å². The molecule has 3 rings (SSSR count). The Bertz CT molecular complexity index is 768. The molecule has 0 saturated heterocycles. The van der Waals surface area contributed by atoms with E-state index in [1.165, 1.54) is 4.90 Å². The molecule has 120 valence electrons. The fraction of sp³-hybridized carbons (Fsp3) is 0.294. The summed E-state index contributed by atoms with van der Waals surface area (Å²) >= 11 is 6.19. The van der Waals surface area contributed by atoms with E-state index in [2.05, 4.69) is 0 Å². The summed E-state index contributed by atoms with van der Waals surface area (Å²) in [6.45, 7) is 0.779. The van der Waals surface area contributed by atoms with Crippen molar-refractivity contribution in [2.24, 2.45) is 11.5 Å². The Labute approximate surface area is 139 Å².